The number of nitriles is 1. The summed E-state index contributed by atoms with van der Waals surface area (Å²) in [4.78, 5) is 15.7. The number of para-hydroxylation sites is 1. The van der Waals surface area contributed by atoms with Crippen LogP contribution in [0.5, 0.6) is 0 Å². The quantitative estimate of drug-likeness (QED) is 0.842. The number of hydrogen-bond donors (Lipinski definition) is 1. The number of nitrogens with zero attached hydrogens (tertiary/aromatic N) is 2. The van der Waals surface area contributed by atoms with Crippen LogP contribution in [0, 0.1) is 11.3 Å². The molecule has 18 heavy (non-hydrogen) atoms. The molecule has 2 aromatic rings. The monoisotopic (exact) mass is 257 g/mol. The lowest BCUT2D eigenvalue weighted by atomic mass is 10.2. The number of halogens is 1. The molecule has 2 rings (SSSR count). The molecule has 0 saturated heterocycles. The van der Waals surface area contributed by atoms with Crippen LogP contribution < -0.4 is 5.32 Å². The summed E-state index contributed by atoms with van der Waals surface area (Å²) in [5.41, 5.74) is 1.27. The highest BCUT2D eigenvalue weighted by Crippen LogP contribution is 2.15. The van der Waals surface area contributed by atoms with E-state index >= 15 is 0 Å². The molecule has 0 aliphatic heterocycles. The predicted molar refractivity (Wildman–Crippen MR) is 68.4 cm³/mol. The van der Waals surface area contributed by atoms with Crippen molar-refractivity contribution in [1.82, 2.24) is 4.98 Å². The fourth-order valence-electron chi connectivity index (χ4n) is 1.43. The molecule has 1 heterocycles. The maximum absolute atomic E-state index is 11.9. The number of carbonyl (C=O) groups is 1. The molecule has 4 nitrogen and oxygen atoms in total. The first-order chi connectivity index (χ1) is 8.70. The summed E-state index contributed by atoms with van der Waals surface area (Å²) in [5.74, 6) is -0.331. The number of amides is 1. The van der Waals surface area contributed by atoms with Crippen molar-refractivity contribution in [3.63, 3.8) is 0 Å². The summed E-state index contributed by atoms with van der Waals surface area (Å²) >= 11 is 5.71. The molecule has 0 bridgehead atoms. The van der Waals surface area contributed by atoms with Crippen LogP contribution >= 0.6 is 11.6 Å². The number of pyridine rings is 1. The Balaban J connectivity index is 2.25. The van der Waals surface area contributed by atoms with Crippen LogP contribution in [-0.4, -0.2) is 10.9 Å². The number of benzene rings is 1. The van der Waals surface area contributed by atoms with E-state index in [1.807, 2.05) is 6.07 Å². The Morgan fingerprint density at radius 1 is 1.33 bits per heavy atom. The SMILES string of the molecule is N#Cc1ccccc1NC(=O)c1ccnc(Cl)c1. The van der Waals surface area contributed by atoms with Crippen molar-refractivity contribution in [2.24, 2.45) is 0 Å². The summed E-state index contributed by atoms with van der Waals surface area (Å²) in [6, 6.07) is 11.8. The van der Waals surface area contributed by atoms with Crippen LogP contribution in [0.2, 0.25) is 5.15 Å². The molecule has 1 aromatic heterocycles. The Morgan fingerprint density at radius 3 is 2.83 bits per heavy atom. The van der Waals surface area contributed by atoms with Gasteiger partial charge in [0, 0.05) is 11.8 Å². The molecule has 0 fully saturated rings. The van der Waals surface area contributed by atoms with E-state index in [9.17, 15) is 4.79 Å². The summed E-state index contributed by atoms with van der Waals surface area (Å²) in [6.07, 6.45) is 1.45. The van der Waals surface area contributed by atoms with Crippen molar-refractivity contribution in [3.05, 3.63) is 58.9 Å². The normalized spacial score (nSPS) is 9.56. The first-order valence-electron chi connectivity index (χ1n) is 5.13. The van der Waals surface area contributed by atoms with Crippen molar-refractivity contribution in [2.75, 3.05) is 5.32 Å². The molecule has 0 unspecified atom stereocenters. The van der Waals surface area contributed by atoms with Crippen molar-refractivity contribution in [1.29, 1.82) is 5.26 Å². The second-order valence-corrected chi connectivity index (χ2v) is 3.87. The fourth-order valence-corrected chi connectivity index (χ4v) is 1.60. The van der Waals surface area contributed by atoms with Gasteiger partial charge < -0.3 is 5.32 Å². The molecule has 0 radical (unpaired) electrons. The molecule has 1 N–H and O–H groups in total. The summed E-state index contributed by atoms with van der Waals surface area (Å²) in [6.45, 7) is 0. The van der Waals surface area contributed by atoms with Gasteiger partial charge in [0.25, 0.3) is 5.91 Å². The van der Waals surface area contributed by atoms with E-state index in [0.29, 0.717) is 16.8 Å². The van der Waals surface area contributed by atoms with E-state index in [2.05, 4.69) is 10.3 Å². The molecule has 88 valence electrons. The topological polar surface area (TPSA) is 65.8 Å². The Morgan fingerprint density at radius 2 is 2.11 bits per heavy atom. The lowest BCUT2D eigenvalue weighted by molar-refractivity contribution is 0.102. The van der Waals surface area contributed by atoms with Crippen LogP contribution in [-0.2, 0) is 0 Å². The van der Waals surface area contributed by atoms with Gasteiger partial charge in [0.05, 0.1) is 11.3 Å². The van der Waals surface area contributed by atoms with E-state index in [1.54, 1.807) is 30.3 Å². The average Bonchev–Trinajstić information content (AvgIpc) is 2.39. The van der Waals surface area contributed by atoms with Crippen molar-refractivity contribution < 1.29 is 4.79 Å². The van der Waals surface area contributed by atoms with Gasteiger partial charge in [-0.15, -0.1) is 0 Å². The smallest absolute Gasteiger partial charge is 0.255 e. The largest absolute Gasteiger partial charge is 0.321 e. The molecule has 1 amide bonds. The number of nitrogens with one attached hydrogen (secondary N) is 1. The third-order valence-corrected chi connectivity index (χ3v) is 2.49. The summed E-state index contributed by atoms with van der Waals surface area (Å²) < 4.78 is 0. The third kappa shape index (κ3) is 2.65. The highest BCUT2D eigenvalue weighted by Gasteiger charge is 2.09. The molecule has 0 atom stereocenters. The maximum Gasteiger partial charge on any atom is 0.255 e. The minimum atomic E-state index is -0.331. The van der Waals surface area contributed by atoms with Crippen LogP contribution in [0.25, 0.3) is 0 Å². The van der Waals surface area contributed by atoms with Gasteiger partial charge in [-0.2, -0.15) is 5.26 Å². The van der Waals surface area contributed by atoms with Gasteiger partial charge in [-0.05, 0) is 24.3 Å². The standard InChI is InChI=1S/C13H8ClN3O/c14-12-7-9(5-6-16-12)13(18)17-11-4-2-1-3-10(11)8-15/h1-7H,(H,17,18). The van der Waals surface area contributed by atoms with Gasteiger partial charge in [0.15, 0.2) is 0 Å². The zero-order chi connectivity index (χ0) is 13.0. The zero-order valence-electron chi connectivity index (χ0n) is 9.22. The van der Waals surface area contributed by atoms with Gasteiger partial charge in [0.2, 0.25) is 0 Å². The lowest BCUT2D eigenvalue weighted by Gasteiger charge is -2.06. The van der Waals surface area contributed by atoms with E-state index in [1.165, 1.54) is 12.3 Å². The number of anilines is 1. The van der Waals surface area contributed by atoms with Crippen LogP contribution in [0.3, 0.4) is 0 Å². The second-order valence-electron chi connectivity index (χ2n) is 3.48. The molecule has 1 aromatic carbocycles. The third-order valence-electron chi connectivity index (χ3n) is 2.28. The lowest BCUT2D eigenvalue weighted by Crippen LogP contribution is -2.12. The highest BCUT2D eigenvalue weighted by atomic mass is 35.5. The first kappa shape index (κ1) is 12.1. The molecule has 0 saturated carbocycles. The van der Waals surface area contributed by atoms with Crippen LogP contribution in [0.4, 0.5) is 5.69 Å². The summed E-state index contributed by atoms with van der Waals surface area (Å²) in [5, 5.41) is 11.8. The minimum Gasteiger partial charge on any atom is -0.321 e. The van der Waals surface area contributed by atoms with Crippen molar-refractivity contribution in [3.8, 4) is 6.07 Å². The maximum atomic E-state index is 11.9. The molecule has 0 aliphatic carbocycles. The zero-order valence-corrected chi connectivity index (χ0v) is 9.98. The number of carbonyl (C=O) groups excluding carboxylic acids is 1. The van der Waals surface area contributed by atoms with Gasteiger partial charge in [0.1, 0.15) is 11.2 Å². The molecular weight excluding hydrogens is 250 g/mol. The Kier molecular flexibility index (Phi) is 3.56. The molecule has 5 heteroatoms. The number of aromatic nitrogens is 1. The van der Waals surface area contributed by atoms with Crippen LogP contribution in [0.15, 0.2) is 42.6 Å². The Labute approximate surface area is 109 Å². The number of hydrogen-bond acceptors (Lipinski definition) is 3. The van der Waals surface area contributed by atoms with Gasteiger partial charge in [-0.3, -0.25) is 4.79 Å². The van der Waals surface area contributed by atoms with Gasteiger partial charge in [-0.25, -0.2) is 4.98 Å². The molecular formula is C13H8ClN3O. The fraction of sp³-hybridized carbons (Fsp3) is 0. The first-order valence-corrected chi connectivity index (χ1v) is 5.50. The van der Waals surface area contributed by atoms with E-state index in [4.69, 9.17) is 16.9 Å². The van der Waals surface area contributed by atoms with Crippen molar-refractivity contribution in [2.45, 2.75) is 0 Å². The van der Waals surface area contributed by atoms with Gasteiger partial charge in [-0.1, -0.05) is 23.7 Å². The second kappa shape index (κ2) is 5.30. The van der Waals surface area contributed by atoms with Crippen LogP contribution in [0.1, 0.15) is 15.9 Å². The minimum absolute atomic E-state index is 0.246. The Hall–Kier alpha value is -2.38. The van der Waals surface area contributed by atoms with E-state index in [-0.39, 0.29) is 11.1 Å². The van der Waals surface area contributed by atoms with Gasteiger partial charge >= 0.3 is 0 Å². The van der Waals surface area contributed by atoms with Crippen molar-refractivity contribution >= 4 is 23.2 Å². The number of rotatable bonds is 2. The van der Waals surface area contributed by atoms with E-state index in [0.717, 1.165) is 0 Å². The summed E-state index contributed by atoms with van der Waals surface area (Å²) in [7, 11) is 0. The molecule has 0 spiro atoms. The van der Waals surface area contributed by atoms with E-state index < -0.39 is 0 Å². The predicted octanol–water partition coefficient (Wildman–Crippen LogP) is 2.86. The average molecular weight is 258 g/mol. The molecule has 0 aliphatic rings. The Bertz CT molecular complexity index is 634. The highest BCUT2D eigenvalue weighted by molar-refractivity contribution is 6.29.